The van der Waals surface area contributed by atoms with Gasteiger partial charge in [0.15, 0.2) is 5.76 Å². The van der Waals surface area contributed by atoms with Crippen molar-refractivity contribution >= 4 is 23.5 Å². The van der Waals surface area contributed by atoms with E-state index in [-0.39, 0.29) is 23.4 Å². The minimum atomic E-state index is -1.39. The number of furan rings is 1. The van der Waals surface area contributed by atoms with E-state index in [2.05, 4.69) is 10.6 Å². The van der Waals surface area contributed by atoms with Crippen molar-refractivity contribution in [3.05, 3.63) is 89.9 Å². The van der Waals surface area contributed by atoms with E-state index < -0.39 is 23.8 Å². The van der Waals surface area contributed by atoms with Gasteiger partial charge in [-0.15, -0.1) is 0 Å². The fourth-order valence-corrected chi connectivity index (χ4v) is 2.66. The Morgan fingerprint density at radius 3 is 2.29 bits per heavy atom. The summed E-state index contributed by atoms with van der Waals surface area (Å²) in [7, 11) is 0. The van der Waals surface area contributed by atoms with Crippen LogP contribution in [-0.4, -0.2) is 23.8 Å². The van der Waals surface area contributed by atoms with Crippen LogP contribution in [0.4, 0.5) is 5.69 Å². The van der Waals surface area contributed by atoms with Crippen LogP contribution in [0, 0.1) is 0 Å². The average molecular weight is 377 g/mol. The van der Waals surface area contributed by atoms with Crippen LogP contribution in [0.2, 0.25) is 0 Å². The molecule has 28 heavy (non-hydrogen) atoms. The molecule has 0 unspecified atom stereocenters. The van der Waals surface area contributed by atoms with Crippen LogP contribution in [-0.2, 0) is 11.2 Å². The number of hydrogen-bond acceptors (Lipinski definition) is 5. The topological polar surface area (TPSA) is 111 Å². The predicted octanol–water partition coefficient (Wildman–Crippen LogP) is 1.62. The van der Waals surface area contributed by atoms with Gasteiger partial charge in [0, 0.05) is 0 Å². The van der Waals surface area contributed by atoms with Gasteiger partial charge in [-0.2, -0.15) is 0 Å². The molecule has 1 atom stereocenters. The molecule has 2 N–H and O–H groups in total. The van der Waals surface area contributed by atoms with Crippen LogP contribution < -0.4 is 15.7 Å². The summed E-state index contributed by atoms with van der Waals surface area (Å²) in [5.41, 5.74) is 1.11. The second-order valence-corrected chi connectivity index (χ2v) is 6.01. The fourth-order valence-electron chi connectivity index (χ4n) is 2.66. The molecule has 0 saturated heterocycles. The molecule has 7 heteroatoms. The molecule has 1 aromatic heterocycles. The van der Waals surface area contributed by atoms with E-state index in [1.54, 1.807) is 48.5 Å². The Morgan fingerprint density at radius 2 is 1.61 bits per heavy atom. The predicted molar refractivity (Wildman–Crippen MR) is 99.5 cm³/mol. The van der Waals surface area contributed by atoms with E-state index in [1.165, 1.54) is 18.4 Å². The standard InChI is InChI=1S/C21H18N2O5/c24-19(23-17(21(26)27)13-14-7-2-1-3-8-14)15-9-4-5-10-16(15)22-20(25)18-11-6-12-28-18/h1-12,17H,13H2,(H,22,25)(H,23,24)(H,26,27)/p-1/t17-/m1/s1. The summed E-state index contributed by atoms with van der Waals surface area (Å²) in [6.07, 6.45) is 1.44. The maximum absolute atomic E-state index is 12.7. The number of carbonyl (C=O) groups excluding carboxylic acids is 3. The van der Waals surface area contributed by atoms with E-state index in [0.29, 0.717) is 0 Å². The summed E-state index contributed by atoms with van der Waals surface area (Å²) in [4.78, 5) is 36.3. The molecular formula is C21H17N2O5-. The summed E-state index contributed by atoms with van der Waals surface area (Å²) >= 11 is 0. The number of carboxylic acid groups (broad SMARTS) is 1. The number of aliphatic carboxylic acids is 1. The molecule has 3 rings (SSSR count). The molecule has 2 aromatic carbocycles. The number of amides is 2. The minimum Gasteiger partial charge on any atom is -0.548 e. The summed E-state index contributed by atoms with van der Waals surface area (Å²) in [6, 6.07) is 17.0. The van der Waals surface area contributed by atoms with Gasteiger partial charge in [0.2, 0.25) is 0 Å². The lowest BCUT2D eigenvalue weighted by Crippen LogP contribution is -2.49. The van der Waals surface area contributed by atoms with Crippen molar-refractivity contribution in [2.45, 2.75) is 12.5 Å². The molecule has 0 aliphatic carbocycles. The lowest BCUT2D eigenvalue weighted by molar-refractivity contribution is -0.308. The van der Waals surface area contributed by atoms with Gasteiger partial charge < -0.3 is 25.0 Å². The lowest BCUT2D eigenvalue weighted by atomic mass is 10.1. The van der Waals surface area contributed by atoms with Crippen molar-refractivity contribution in [1.29, 1.82) is 0 Å². The van der Waals surface area contributed by atoms with E-state index >= 15 is 0 Å². The van der Waals surface area contributed by atoms with Gasteiger partial charge in [-0.05, 0) is 36.2 Å². The third kappa shape index (κ3) is 4.64. The first-order chi connectivity index (χ1) is 13.5. The molecule has 0 aliphatic rings. The van der Waals surface area contributed by atoms with Crippen molar-refractivity contribution in [2.75, 3.05) is 5.32 Å². The summed E-state index contributed by atoms with van der Waals surface area (Å²) in [5.74, 6) is -2.47. The second kappa shape index (κ2) is 8.68. The molecule has 0 aliphatic heterocycles. The number of para-hydroxylation sites is 1. The number of anilines is 1. The molecule has 0 spiro atoms. The quantitative estimate of drug-likeness (QED) is 0.650. The maximum atomic E-state index is 12.7. The Labute approximate surface area is 161 Å². The highest BCUT2D eigenvalue weighted by Crippen LogP contribution is 2.17. The van der Waals surface area contributed by atoms with Crippen LogP contribution in [0.1, 0.15) is 26.5 Å². The number of benzene rings is 2. The van der Waals surface area contributed by atoms with E-state index in [1.807, 2.05) is 6.07 Å². The van der Waals surface area contributed by atoms with Crippen molar-refractivity contribution in [3.8, 4) is 0 Å². The molecule has 2 amide bonds. The molecule has 0 radical (unpaired) electrons. The van der Waals surface area contributed by atoms with Crippen LogP contribution in [0.3, 0.4) is 0 Å². The molecule has 0 saturated carbocycles. The Balaban J connectivity index is 1.76. The Bertz CT molecular complexity index is 967. The fraction of sp³-hybridized carbons (Fsp3) is 0.0952. The van der Waals surface area contributed by atoms with Crippen molar-refractivity contribution in [2.24, 2.45) is 0 Å². The van der Waals surface area contributed by atoms with Gasteiger partial charge in [-0.25, -0.2) is 0 Å². The SMILES string of the molecule is O=C(Nc1ccccc1C(=O)N[C@H](Cc1ccccc1)C(=O)[O-])c1ccco1. The molecule has 0 bridgehead atoms. The third-order valence-electron chi connectivity index (χ3n) is 4.04. The van der Waals surface area contributed by atoms with Crippen LogP contribution in [0.15, 0.2) is 77.4 Å². The van der Waals surface area contributed by atoms with Crippen LogP contribution >= 0.6 is 0 Å². The molecule has 142 valence electrons. The van der Waals surface area contributed by atoms with Crippen molar-refractivity contribution in [3.63, 3.8) is 0 Å². The lowest BCUT2D eigenvalue weighted by Gasteiger charge is -2.20. The zero-order valence-corrected chi connectivity index (χ0v) is 14.8. The molecule has 0 fully saturated rings. The zero-order chi connectivity index (χ0) is 19.9. The number of hydrogen-bond donors (Lipinski definition) is 2. The number of carbonyl (C=O) groups is 3. The first-order valence-corrected chi connectivity index (χ1v) is 8.54. The van der Waals surface area contributed by atoms with Gasteiger partial charge in [0.25, 0.3) is 11.8 Å². The van der Waals surface area contributed by atoms with Crippen LogP contribution in [0.5, 0.6) is 0 Å². The number of nitrogens with one attached hydrogen (secondary N) is 2. The van der Waals surface area contributed by atoms with Gasteiger partial charge in [0.1, 0.15) is 0 Å². The highest BCUT2D eigenvalue weighted by atomic mass is 16.4. The first kappa shape index (κ1) is 18.9. The van der Waals surface area contributed by atoms with Crippen molar-refractivity contribution < 1.29 is 23.9 Å². The van der Waals surface area contributed by atoms with Crippen LogP contribution in [0.25, 0.3) is 0 Å². The largest absolute Gasteiger partial charge is 0.548 e. The minimum absolute atomic E-state index is 0.0792. The van der Waals surface area contributed by atoms with Gasteiger partial charge in [-0.1, -0.05) is 42.5 Å². The maximum Gasteiger partial charge on any atom is 0.291 e. The second-order valence-electron chi connectivity index (χ2n) is 6.01. The Morgan fingerprint density at radius 1 is 0.893 bits per heavy atom. The van der Waals surface area contributed by atoms with Gasteiger partial charge in [-0.3, -0.25) is 9.59 Å². The highest BCUT2D eigenvalue weighted by Gasteiger charge is 2.19. The van der Waals surface area contributed by atoms with Crippen molar-refractivity contribution in [1.82, 2.24) is 5.32 Å². The van der Waals surface area contributed by atoms with Gasteiger partial charge >= 0.3 is 0 Å². The van der Waals surface area contributed by atoms with Gasteiger partial charge in [0.05, 0.1) is 29.5 Å². The monoisotopic (exact) mass is 377 g/mol. The Hall–Kier alpha value is -3.87. The average Bonchev–Trinajstić information content (AvgIpc) is 3.23. The molecule has 3 aromatic rings. The first-order valence-electron chi connectivity index (χ1n) is 8.54. The summed E-state index contributed by atoms with van der Waals surface area (Å²) < 4.78 is 5.03. The third-order valence-corrected chi connectivity index (χ3v) is 4.04. The normalized spacial score (nSPS) is 11.4. The molecular weight excluding hydrogens is 360 g/mol. The Kier molecular flexibility index (Phi) is 5.86. The van der Waals surface area contributed by atoms with E-state index in [9.17, 15) is 19.5 Å². The van der Waals surface area contributed by atoms with E-state index in [4.69, 9.17) is 4.42 Å². The summed E-state index contributed by atoms with van der Waals surface area (Å²) in [6.45, 7) is 0. The zero-order valence-electron chi connectivity index (χ0n) is 14.8. The molecule has 7 nitrogen and oxygen atoms in total. The highest BCUT2D eigenvalue weighted by molar-refractivity contribution is 6.08. The summed E-state index contributed by atoms with van der Waals surface area (Å²) in [5, 5.41) is 16.5. The molecule has 1 heterocycles. The van der Waals surface area contributed by atoms with E-state index in [0.717, 1.165) is 5.56 Å². The number of carboxylic acids is 1. The number of rotatable bonds is 7. The smallest absolute Gasteiger partial charge is 0.291 e.